The summed E-state index contributed by atoms with van der Waals surface area (Å²) in [4.78, 5) is 4.00. The number of anilines is 1. The highest BCUT2D eigenvalue weighted by Crippen LogP contribution is 2.15. The first kappa shape index (κ1) is 14.9. The van der Waals surface area contributed by atoms with E-state index in [1.165, 1.54) is 0 Å². The molecule has 0 aliphatic rings. The summed E-state index contributed by atoms with van der Waals surface area (Å²) < 4.78 is 19.2. The van der Waals surface area contributed by atoms with Gasteiger partial charge in [0.25, 0.3) is 0 Å². The van der Waals surface area contributed by atoms with E-state index in [1.807, 2.05) is 20.8 Å². The molecule has 0 fully saturated rings. The first-order valence-electron chi connectivity index (χ1n) is 6.18. The number of aromatic nitrogens is 1. The minimum atomic E-state index is -0.297. The van der Waals surface area contributed by atoms with Crippen molar-refractivity contribution < 1.29 is 9.13 Å². The molecule has 1 rings (SSSR count). The number of hydrogen-bond acceptors (Lipinski definition) is 4. The van der Waals surface area contributed by atoms with Gasteiger partial charge in [0.2, 0.25) is 0 Å². The zero-order valence-electron chi connectivity index (χ0n) is 11.5. The smallest absolute Gasteiger partial charge is 0.169 e. The van der Waals surface area contributed by atoms with Crippen LogP contribution in [0.15, 0.2) is 12.3 Å². The third-order valence-electron chi connectivity index (χ3n) is 2.63. The minimum absolute atomic E-state index is 0.0173. The Morgan fingerprint density at radius 3 is 2.72 bits per heavy atom. The van der Waals surface area contributed by atoms with E-state index in [1.54, 1.807) is 19.4 Å². The fourth-order valence-corrected chi connectivity index (χ4v) is 1.38. The fraction of sp³-hybridized carbons (Fsp3) is 0.615. The van der Waals surface area contributed by atoms with E-state index in [0.29, 0.717) is 24.7 Å². The molecule has 4 nitrogen and oxygen atoms in total. The number of hydrogen-bond donors (Lipinski definition) is 2. The van der Waals surface area contributed by atoms with Crippen LogP contribution in [-0.2, 0) is 11.3 Å². The Balaban J connectivity index is 2.66. The molecule has 0 amide bonds. The van der Waals surface area contributed by atoms with E-state index in [4.69, 9.17) is 4.74 Å². The van der Waals surface area contributed by atoms with Crippen molar-refractivity contribution in [3.63, 3.8) is 0 Å². The van der Waals surface area contributed by atoms with Gasteiger partial charge in [-0.15, -0.1) is 0 Å². The van der Waals surface area contributed by atoms with Gasteiger partial charge in [0, 0.05) is 38.0 Å². The van der Waals surface area contributed by atoms with Crippen molar-refractivity contribution in [3.8, 4) is 0 Å². The second-order valence-electron chi connectivity index (χ2n) is 4.60. The van der Waals surface area contributed by atoms with E-state index in [-0.39, 0.29) is 17.7 Å². The number of ether oxygens (including phenoxy) is 1. The molecule has 2 N–H and O–H groups in total. The Bertz CT molecular complexity index is 371. The van der Waals surface area contributed by atoms with Gasteiger partial charge in [-0.3, -0.25) is 0 Å². The van der Waals surface area contributed by atoms with Crippen LogP contribution in [0.3, 0.4) is 0 Å². The van der Waals surface area contributed by atoms with Crippen molar-refractivity contribution in [1.82, 2.24) is 10.3 Å². The zero-order valence-corrected chi connectivity index (χ0v) is 11.5. The molecule has 0 saturated carbocycles. The molecule has 0 bridgehead atoms. The normalized spacial score (nSPS) is 12.8. The molecule has 0 aliphatic heterocycles. The number of nitrogens with one attached hydrogen (secondary N) is 2. The number of pyridine rings is 1. The topological polar surface area (TPSA) is 46.2 Å². The fourth-order valence-electron chi connectivity index (χ4n) is 1.38. The van der Waals surface area contributed by atoms with Crippen molar-refractivity contribution in [3.05, 3.63) is 23.6 Å². The van der Waals surface area contributed by atoms with Gasteiger partial charge in [0.05, 0.1) is 6.10 Å². The van der Waals surface area contributed by atoms with Crippen LogP contribution in [0.5, 0.6) is 0 Å². The lowest BCUT2D eigenvalue weighted by molar-refractivity contribution is 0.128. The van der Waals surface area contributed by atoms with Crippen LogP contribution >= 0.6 is 0 Å². The molecule has 1 unspecified atom stereocenters. The van der Waals surface area contributed by atoms with Crippen LogP contribution in [0.25, 0.3) is 0 Å². The Hall–Kier alpha value is -1.20. The molecule has 0 spiro atoms. The van der Waals surface area contributed by atoms with Gasteiger partial charge >= 0.3 is 0 Å². The van der Waals surface area contributed by atoms with Crippen LogP contribution < -0.4 is 10.6 Å². The molecular weight excluding hydrogens is 233 g/mol. The number of methoxy groups -OCH3 is 1. The highest BCUT2D eigenvalue weighted by Gasteiger charge is 2.10. The molecule has 102 valence electrons. The molecule has 1 aromatic heterocycles. The third kappa shape index (κ3) is 4.58. The number of nitrogens with zero attached hydrogens (tertiary/aromatic N) is 1. The highest BCUT2D eigenvalue weighted by molar-refractivity contribution is 5.40. The van der Waals surface area contributed by atoms with Gasteiger partial charge in [-0.05, 0) is 13.0 Å². The SMILES string of the molecule is COC(C)CNc1nccc(CNC(C)C)c1F. The van der Waals surface area contributed by atoms with Crippen LogP contribution in [0.4, 0.5) is 10.2 Å². The summed E-state index contributed by atoms with van der Waals surface area (Å²) in [6.45, 7) is 6.99. The predicted molar refractivity (Wildman–Crippen MR) is 71.1 cm³/mol. The second kappa shape index (κ2) is 7.28. The van der Waals surface area contributed by atoms with E-state index in [9.17, 15) is 4.39 Å². The van der Waals surface area contributed by atoms with Crippen molar-refractivity contribution in [2.45, 2.75) is 39.5 Å². The lowest BCUT2D eigenvalue weighted by Crippen LogP contribution is -2.23. The van der Waals surface area contributed by atoms with Gasteiger partial charge in [-0.25, -0.2) is 9.37 Å². The van der Waals surface area contributed by atoms with Crippen molar-refractivity contribution in [1.29, 1.82) is 0 Å². The van der Waals surface area contributed by atoms with Crippen LogP contribution in [-0.4, -0.2) is 30.8 Å². The Labute approximate surface area is 108 Å². The van der Waals surface area contributed by atoms with E-state index in [0.717, 1.165) is 0 Å². The molecule has 0 aliphatic carbocycles. The maximum absolute atomic E-state index is 14.1. The largest absolute Gasteiger partial charge is 0.380 e. The first-order valence-corrected chi connectivity index (χ1v) is 6.18. The van der Waals surface area contributed by atoms with Gasteiger partial charge in [-0.2, -0.15) is 0 Å². The quantitative estimate of drug-likeness (QED) is 0.784. The van der Waals surface area contributed by atoms with Crippen LogP contribution in [0.2, 0.25) is 0 Å². The Morgan fingerprint density at radius 2 is 2.11 bits per heavy atom. The zero-order chi connectivity index (χ0) is 13.5. The Morgan fingerprint density at radius 1 is 1.39 bits per heavy atom. The van der Waals surface area contributed by atoms with Crippen molar-refractivity contribution >= 4 is 5.82 Å². The molecule has 1 heterocycles. The molecule has 1 atom stereocenters. The maximum Gasteiger partial charge on any atom is 0.169 e. The average molecular weight is 255 g/mol. The summed E-state index contributed by atoms with van der Waals surface area (Å²) in [5, 5.41) is 6.14. The molecule has 18 heavy (non-hydrogen) atoms. The summed E-state index contributed by atoms with van der Waals surface area (Å²) in [6, 6.07) is 2.01. The number of rotatable bonds is 7. The van der Waals surface area contributed by atoms with Crippen LogP contribution in [0, 0.1) is 5.82 Å². The first-order chi connectivity index (χ1) is 8.54. The van der Waals surface area contributed by atoms with Crippen molar-refractivity contribution in [2.75, 3.05) is 19.0 Å². The lowest BCUT2D eigenvalue weighted by atomic mass is 10.2. The van der Waals surface area contributed by atoms with Gasteiger partial charge < -0.3 is 15.4 Å². The number of halogens is 1. The maximum atomic E-state index is 14.1. The summed E-state index contributed by atoms with van der Waals surface area (Å²) in [6.07, 6.45) is 1.63. The highest BCUT2D eigenvalue weighted by atomic mass is 19.1. The van der Waals surface area contributed by atoms with E-state index < -0.39 is 0 Å². The molecule has 0 aromatic carbocycles. The Kier molecular flexibility index (Phi) is 6.01. The third-order valence-corrected chi connectivity index (χ3v) is 2.63. The molecular formula is C13H22FN3O. The summed E-state index contributed by atoms with van der Waals surface area (Å²) in [5.41, 5.74) is 0.617. The van der Waals surface area contributed by atoms with Crippen molar-refractivity contribution in [2.24, 2.45) is 0 Å². The van der Waals surface area contributed by atoms with E-state index in [2.05, 4.69) is 15.6 Å². The van der Waals surface area contributed by atoms with Gasteiger partial charge in [0.15, 0.2) is 11.6 Å². The lowest BCUT2D eigenvalue weighted by Gasteiger charge is -2.14. The summed E-state index contributed by atoms with van der Waals surface area (Å²) in [7, 11) is 1.62. The van der Waals surface area contributed by atoms with Crippen LogP contribution in [0.1, 0.15) is 26.3 Å². The molecule has 5 heteroatoms. The molecule has 0 saturated heterocycles. The minimum Gasteiger partial charge on any atom is -0.380 e. The molecule has 1 aromatic rings. The summed E-state index contributed by atoms with van der Waals surface area (Å²) >= 11 is 0. The average Bonchev–Trinajstić information content (AvgIpc) is 2.35. The second-order valence-corrected chi connectivity index (χ2v) is 4.60. The predicted octanol–water partition coefficient (Wildman–Crippen LogP) is 2.17. The standard InChI is InChI=1S/C13H22FN3O/c1-9(2)16-8-11-5-6-15-13(12(11)14)17-7-10(3)18-4/h5-6,9-10,16H,7-8H2,1-4H3,(H,15,17). The summed E-state index contributed by atoms with van der Waals surface area (Å²) in [5.74, 6) is -0.0177. The monoisotopic (exact) mass is 255 g/mol. The van der Waals surface area contributed by atoms with Gasteiger partial charge in [-0.1, -0.05) is 13.8 Å². The van der Waals surface area contributed by atoms with E-state index >= 15 is 0 Å². The molecule has 0 radical (unpaired) electrons. The van der Waals surface area contributed by atoms with Gasteiger partial charge in [0.1, 0.15) is 0 Å².